The van der Waals surface area contributed by atoms with Crippen LogP contribution >= 0.6 is 0 Å². The van der Waals surface area contributed by atoms with Crippen molar-refractivity contribution in [1.29, 1.82) is 0 Å². The van der Waals surface area contributed by atoms with Crippen molar-refractivity contribution in [2.75, 3.05) is 0 Å². The molecule has 1 aromatic carbocycles. The Hall–Kier alpha value is -0.990. The summed E-state index contributed by atoms with van der Waals surface area (Å²) in [6.07, 6.45) is -4.25. The van der Waals surface area contributed by atoms with E-state index in [1.54, 1.807) is 19.1 Å². The Morgan fingerprint density at radius 1 is 1.07 bits per heavy atom. The van der Waals surface area contributed by atoms with Crippen LogP contribution in [-0.2, 0) is 6.18 Å². The molecule has 1 aromatic rings. The van der Waals surface area contributed by atoms with E-state index < -0.39 is 11.7 Å². The van der Waals surface area contributed by atoms with E-state index in [0.717, 1.165) is 5.56 Å². The van der Waals surface area contributed by atoms with Crippen molar-refractivity contribution in [2.24, 2.45) is 0 Å². The highest BCUT2D eigenvalue weighted by Gasteiger charge is 2.34. The summed E-state index contributed by atoms with van der Waals surface area (Å²) in [6, 6.07) is 3.33. The van der Waals surface area contributed by atoms with Gasteiger partial charge in [-0.05, 0) is 36.5 Å². The van der Waals surface area contributed by atoms with Crippen molar-refractivity contribution in [2.45, 2.75) is 39.8 Å². The molecule has 0 fully saturated rings. The predicted molar refractivity (Wildman–Crippen MR) is 55.0 cm³/mol. The fourth-order valence-corrected chi connectivity index (χ4v) is 1.92. The number of hydrogen-bond donors (Lipinski definition) is 0. The molecule has 0 bridgehead atoms. The average molecular weight is 216 g/mol. The number of hydrogen-bond acceptors (Lipinski definition) is 0. The fourth-order valence-electron chi connectivity index (χ4n) is 1.92. The zero-order valence-corrected chi connectivity index (χ0v) is 9.37. The van der Waals surface area contributed by atoms with Crippen LogP contribution in [-0.4, -0.2) is 0 Å². The first-order chi connectivity index (χ1) is 6.75. The third kappa shape index (κ3) is 2.33. The van der Waals surface area contributed by atoms with Crippen LogP contribution in [0.5, 0.6) is 0 Å². The third-order valence-corrected chi connectivity index (χ3v) is 2.62. The summed E-state index contributed by atoms with van der Waals surface area (Å²) >= 11 is 0. The van der Waals surface area contributed by atoms with Crippen molar-refractivity contribution in [3.05, 3.63) is 34.4 Å². The molecule has 3 heteroatoms. The molecule has 0 unspecified atom stereocenters. The largest absolute Gasteiger partial charge is 0.416 e. The molecule has 15 heavy (non-hydrogen) atoms. The highest BCUT2D eigenvalue weighted by Crippen LogP contribution is 2.37. The van der Waals surface area contributed by atoms with Crippen molar-refractivity contribution < 1.29 is 13.2 Å². The smallest absolute Gasteiger partial charge is 0.166 e. The third-order valence-electron chi connectivity index (χ3n) is 2.62. The van der Waals surface area contributed by atoms with E-state index in [1.165, 1.54) is 6.92 Å². The van der Waals surface area contributed by atoms with Gasteiger partial charge in [0.15, 0.2) is 0 Å². The zero-order chi connectivity index (χ0) is 11.8. The van der Waals surface area contributed by atoms with Crippen LogP contribution in [0, 0.1) is 13.8 Å². The van der Waals surface area contributed by atoms with Crippen molar-refractivity contribution in [1.82, 2.24) is 0 Å². The lowest BCUT2D eigenvalue weighted by Gasteiger charge is -2.18. The van der Waals surface area contributed by atoms with E-state index in [0.29, 0.717) is 11.1 Å². The van der Waals surface area contributed by atoms with Crippen molar-refractivity contribution in [3.8, 4) is 0 Å². The molecule has 0 heterocycles. The maximum absolute atomic E-state index is 12.8. The van der Waals surface area contributed by atoms with Gasteiger partial charge < -0.3 is 0 Å². The summed E-state index contributed by atoms with van der Waals surface area (Å²) in [5.74, 6) is 0.117. The van der Waals surface area contributed by atoms with E-state index in [9.17, 15) is 13.2 Å². The van der Waals surface area contributed by atoms with Gasteiger partial charge in [0.1, 0.15) is 0 Å². The summed E-state index contributed by atoms with van der Waals surface area (Å²) in [4.78, 5) is 0. The van der Waals surface area contributed by atoms with Crippen LogP contribution in [0.3, 0.4) is 0 Å². The molecule has 1 rings (SSSR count). The second kappa shape index (κ2) is 3.87. The summed E-state index contributed by atoms with van der Waals surface area (Å²) in [5.41, 5.74) is 0.948. The Kier molecular flexibility index (Phi) is 3.12. The number of benzene rings is 1. The van der Waals surface area contributed by atoms with E-state index in [4.69, 9.17) is 0 Å². The lowest BCUT2D eigenvalue weighted by molar-refractivity contribution is -0.138. The molecule has 0 atom stereocenters. The Morgan fingerprint density at radius 3 is 2.00 bits per heavy atom. The number of aryl methyl sites for hydroxylation is 1. The van der Waals surface area contributed by atoms with E-state index in [-0.39, 0.29) is 5.92 Å². The number of rotatable bonds is 1. The quantitative estimate of drug-likeness (QED) is 0.650. The molecule has 0 aliphatic carbocycles. The SMILES string of the molecule is Cc1ccc(C(C)C)c(C)c1C(F)(F)F. The minimum absolute atomic E-state index is 0.117. The van der Waals surface area contributed by atoms with Gasteiger partial charge in [0, 0.05) is 0 Å². The molecule has 0 spiro atoms. The normalized spacial score (nSPS) is 12.3. The molecule has 0 saturated heterocycles. The van der Waals surface area contributed by atoms with Crippen molar-refractivity contribution in [3.63, 3.8) is 0 Å². The van der Waals surface area contributed by atoms with Crippen LogP contribution in [0.15, 0.2) is 12.1 Å². The summed E-state index contributed by atoms with van der Waals surface area (Å²) in [6.45, 7) is 6.85. The standard InChI is InChI=1S/C12H15F3/c1-7(2)10-6-5-8(3)11(9(10)4)12(13,14)15/h5-7H,1-4H3. The minimum atomic E-state index is -4.25. The Labute approximate surface area is 88.1 Å². The van der Waals surface area contributed by atoms with E-state index >= 15 is 0 Å². The van der Waals surface area contributed by atoms with Gasteiger partial charge in [-0.3, -0.25) is 0 Å². The predicted octanol–water partition coefficient (Wildman–Crippen LogP) is 4.45. The molecule has 0 aliphatic rings. The monoisotopic (exact) mass is 216 g/mol. The second-order valence-electron chi connectivity index (χ2n) is 4.12. The fraction of sp³-hybridized carbons (Fsp3) is 0.500. The van der Waals surface area contributed by atoms with Gasteiger partial charge in [0.05, 0.1) is 5.56 Å². The Morgan fingerprint density at radius 2 is 1.60 bits per heavy atom. The van der Waals surface area contributed by atoms with E-state index in [2.05, 4.69) is 0 Å². The summed E-state index contributed by atoms with van der Waals surface area (Å²) < 4.78 is 38.3. The summed E-state index contributed by atoms with van der Waals surface area (Å²) in [7, 11) is 0. The topological polar surface area (TPSA) is 0 Å². The number of halogens is 3. The second-order valence-corrected chi connectivity index (χ2v) is 4.12. The maximum atomic E-state index is 12.8. The molecule has 84 valence electrons. The van der Waals surface area contributed by atoms with Gasteiger partial charge in [-0.1, -0.05) is 26.0 Å². The van der Waals surface area contributed by atoms with Gasteiger partial charge in [-0.25, -0.2) is 0 Å². The zero-order valence-electron chi connectivity index (χ0n) is 9.37. The molecule has 0 saturated carbocycles. The first kappa shape index (κ1) is 12.1. The molecule has 0 aliphatic heterocycles. The van der Waals surface area contributed by atoms with Gasteiger partial charge in [-0.2, -0.15) is 13.2 Å². The van der Waals surface area contributed by atoms with Gasteiger partial charge in [-0.15, -0.1) is 0 Å². The molecular weight excluding hydrogens is 201 g/mol. The van der Waals surface area contributed by atoms with Gasteiger partial charge >= 0.3 is 6.18 Å². The average Bonchev–Trinajstić information content (AvgIpc) is 2.00. The lowest BCUT2D eigenvalue weighted by Crippen LogP contribution is -2.12. The molecule has 0 amide bonds. The minimum Gasteiger partial charge on any atom is -0.166 e. The maximum Gasteiger partial charge on any atom is 0.416 e. The van der Waals surface area contributed by atoms with Crippen LogP contribution < -0.4 is 0 Å². The van der Waals surface area contributed by atoms with E-state index in [1.807, 2.05) is 13.8 Å². The highest BCUT2D eigenvalue weighted by molar-refractivity contribution is 5.42. The molecule has 0 N–H and O–H groups in total. The number of alkyl halides is 3. The highest BCUT2D eigenvalue weighted by atomic mass is 19.4. The Bertz CT molecular complexity index is 362. The molecule has 0 radical (unpaired) electrons. The lowest BCUT2D eigenvalue weighted by atomic mass is 9.91. The molecule has 0 aromatic heterocycles. The van der Waals surface area contributed by atoms with Gasteiger partial charge in [0.2, 0.25) is 0 Å². The Balaban J connectivity index is 3.44. The molecular formula is C12H15F3. The molecule has 0 nitrogen and oxygen atoms in total. The van der Waals surface area contributed by atoms with Crippen molar-refractivity contribution >= 4 is 0 Å². The first-order valence-corrected chi connectivity index (χ1v) is 4.92. The summed E-state index contributed by atoms with van der Waals surface area (Å²) in [5, 5.41) is 0. The first-order valence-electron chi connectivity index (χ1n) is 4.92. The van der Waals surface area contributed by atoms with Gasteiger partial charge in [0.25, 0.3) is 0 Å². The van der Waals surface area contributed by atoms with Crippen LogP contribution in [0.4, 0.5) is 13.2 Å². The van der Waals surface area contributed by atoms with Crippen LogP contribution in [0.2, 0.25) is 0 Å². The van der Waals surface area contributed by atoms with Crippen LogP contribution in [0.25, 0.3) is 0 Å². The van der Waals surface area contributed by atoms with Crippen LogP contribution in [0.1, 0.15) is 42.0 Å².